The molecule has 2 nitrogen and oxygen atoms in total. The zero-order valence-corrected chi connectivity index (χ0v) is 11.3. The summed E-state index contributed by atoms with van der Waals surface area (Å²) in [6.07, 6.45) is 1.23. The van der Waals surface area contributed by atoms with Crippen molar-refractivity contribution in [2.45, 2.75) is 12.3 Å². The van der Waals surface area contributed by atoms with E-state index in [9.17, 15) is 4.79 Å². The lowest BCUT2D eigenvalue weighted by molar-refractivity contribution is 0.100. The summed E-state index contributed by atoms with van der Waals surface area (Å²) in [7, 11) is 0. The number of benzene rings is 1. The molecule has 0 bridgehead atoms. The molecule has 1 atom stereocenters. The van der Waals surface area contributed by atoms with E-state index in [1.165, 1.54) is 23.5 Å². The molecular weight excluding hydrogens is 286 g/mol. The number of halogens is 1. The monoisotopic (exact) mass is 299 g/mol. The van der Waals surface area contributed by atoms with E-state index in [1.54, 1.807) is 0 Å². The largest absolute Gasteiger partial charge is 0.324 e. The molecule has 0 spiro atoms. The van der Waals surface area contributed by atoms with Crippen LogP contribution in [0.4, 0.5) is 0 Å². The summed E-state index contributed by atoms with van der Waals surface area (Å²) in [5, 5.41) is 0. The first-order valence-electron chi connectivity index (χ1n) is 5.33. The number of hydrogen-bond acceptors (Lipinski definition) is 3. The van der Waals surface area contributed by atoms with Crippen LogP contribution in [0.5, 0.6) is 0 Å². The van der Waals surface area contributed by atoms with Gasteiger partial charge in [0.1, 0.15) is 0 Å². The van der Waals surface area contributed by atoms with Crippen molar-refractivity contribution in [3.05, 3.63) is 33.8 Å². The second kappa shape index (κ2) is 5.34. The van der Waals surface area contributed by atoms with Crippen LogP contribution in [-0.4, -0.2) is 23.8 Å². The highest BCUT2D eigenvalue weighted by molar-refractivity contribution is 9.10. The van der Waals surface area contributed by atoms with Gasteiger partial charge >= 0.3 is 0 Å². The fourth-order valence-electron chi connectivity index (χ4n) is 1.93. The Hall–Kier alpha value is -0.320. The molecule has 2 rings (SSSR count). The van der Waals surface area contributed by atoms with E-state index in [-0.39, 0.29) is 12.3 Å². The van der Waals surface area contributed by atoms with Crippen LogP contribution in [0.25, 0.3) is 0 Å². The third kappa shape index (κ3) is 2.50. The number of Topliss-reactive ketones (excluding diaryl/α,β-unsaturated/α-hetero) is 1. The van der Waals surface area contributed by atoms with E-state index < -0.39 is 0 Å². The van der Waals surface area contributed by atoms with E-state index in [2.05, 4.69) is 22.0 Å². The minimum Gasteiger partial charge on any atom is -0.324 e. The van der Waals surface area contributed by atoms with Crippen molar-refractivity contribution < 1.29 is 4.79 Å². The van der Waals surface area contributed by atoms with Crippen LogP contribution in [0.15, 0.2) is 22.7 Å². The average molecular weight is 300 g/mol. The predicted octanol–water partition coefficient (Wildman–Crippen LogP) is 2.81. The molecule has 1 aromatic carbocycles. The summed E-state index contributed by atoms with van der Waals surface area (Å²) in [5.41, 5.74) is 7.36. The Kier molecular flexibility index (Phi) is 4.05. The number of thioether (sulfide) groups is 1. The van der Waals surface area contributed by atoms with Crippen LogP contribution in [0.3, 0.4) is 0 Å². The molecule has 1 aromatic rings. The minimum absolute atomic E-state index is 0.00644. The Morgan fingerprint density at radius 1 is 1.56 bits per heavy atom. The summed E-state index contributed by atoms with van der Waals surface area (Å²) < 4.78 is 1.04. The third-order valence-corrected chi connectivity index (χ3v) is 4.73. The summed E-state index contributed by atoms with van der Waals surface area (Å²) in [6, 6.07) is 5.84. The zero-order chi connectivity index (χ0) is 11.5. The highest BCUT2D eigenvalue weighted by atomic mass is 79.9. The Morgan fingerprint density at radius 2 is 2.38 bits per heavy atom. The number of hydrogen-bond donors (Lipinski definition) is 1. The quantitative estimate of drug-likeness (QED) is 0.873. The lowest BCUT2D eigenvalue weighted by Gasteiger charge is -2.12. The van der Waals surface area contributed by atoms with Crippen molar-refractivity contribution >= 4 is 33.5 Å². The van der Waals surface area contributed by atoms with E-state index in [0.717, 1.165) is 4.47 Å². The van der Waals surface area contributed by atoms with Gasteiger partial charge in [-0.25, -0.2) is 0 Å². The van der Waals surface area contributed by atoms with Gasteiger partial charge in [0.25, 0.3) is 0 Å². The van der Waals surface area contributed by atoms with Crippen molar-refractivity contribution in [2.24, 2.45) is 5.73 Å². The standard InChI is InChI=1S/C12H14BrNOS/c13-11-5-8(12(15)6-14)1-2-10(11)9-3-4-16-7-9/h1-2,5,9H,3-4,6-7,14H2. The molecule has 1 aliphatic heterocycles. The van der Waals surface area contributed by atoms with Crippen LogP contribution < -0.4 is 5.73 Å². The fourth-order valence-corrected chi connectivity index (χ4v) is 3.88. The van der Waals surface area contributed by atoms with Crippen LogP contribution in [-0.2, 0) is 0 Å². The van der Waals surface area contributed by atoms with Gasteiger partial charge in [-0.1, -0.05) is 28.1 Å². The Bertz CT molecular complexity index is 402. The molecule has 2 N–H and O–H groups in total. The number of rotatable bonds is 3. The molecule has 1 fully saturated rings. The molecule has 0 saturated carbocycles. The Labute approximate surface area is 108 Å². The molecule has 1 aliphatic rings. The molecule has 1 unspecified atom stereocenters. The van der Waals surface area contributed by atoms with Gasteiger partial charge in [-0.15, -0.1) is 0 Å². The van der Waals surface area contributed by atoms with Gasteiger partial charge < -0.3 is 5.73 Å². The summed E-state index contributed by atoms with van der Waals surface area (Å²) >= 11 is 5.55. The first-order valence-corrected chi connectivity index (χ1v) is 7.27. The molecule has 0 amide bonds. The third-order valence-electron chi connectivity index (χ3n) is 2.88. The second-order valence-corrected chi connectivity index (χ2v) is 5.93. The van der Waals surface area contributed by atoms with E-state index in [4.69, 9.17) is 5.73 Å². The maximum Gasteiger partial charge on any atom is 0.176 e. The van der Waals surface area contributed by atoms with Crippen molar-refractivity contribution in [2.75, 3.05) is 18.1 Å². The molecule has 0 aliphatic carbocycles. The van der Waals surface area contributed by atoms with Crippen LogP contribution >= 0.6 is 27.7 Å². The van der Waals surface area contributed by atoms with E-state index in [1.807, 2.05) is 23.9 Å². The Morgan fingerprint density at radius 3 is 2.94 bits per heavy atom. The van der Waals surface area contributed by atoms with Crippen LogP contribution in [0, 0.1) is 0 Å². The summed E-state index contributed by atoms with van der Waals surface area (Å²) in [4.78, 5) is 11.4. The maximum absolute atomic E-state index is 11.4. The maximum atomic E-state index is 11.4. The normalized spacial score (nSPS) is 20.0. The van der Waals surface area contributed by atoms with Crippen molar-refractivity contribution in [1.29, 1.82) is 0 Å². The van der Waals surface area contributed by atoms with Crippen molar-refractivity contribution in [3.63, 3.8) is 0 Å². The number of nitrogens with two attached hydrogens (primary N) is 1. The Balaban J connectivity index is 2.25. The number of carbonyl (C=O) groups excluding carboxylic acids is 1. The molecule has 0 radical (unpaired) electrons. The average Bonchev–Trinajstić information content (AvgIpc) is 2.81. The molecule has 1 saturated heterocycles. The molecule has 4 heteroatoms. The molecule has 0 aromatic heterocycles. The van der Waals surface area contributed by atoms with Crippen LogP contribution in [0.2, 0.25) is 0 Å². The fraction of sp³-hybridized carbons (Fsp3) is 0.417. The van der Waals surface area contributed by atoms with Gasteiger partial charge in [0.2, 0.25) is 0 Å². The SMILES string of the molecule is NCC(=O)c1ccc(C2CCSC2)c(Br)c1. The first kappa shape index (κ1) is 12.1. The molecule has 86 valence electrons. The molecular formula is C12H14BrNOS. The van der Waals surface area contributed by atoms with Gasteiger partial charge in [-0.3, -0.25) is 4.79 Å². The minimum atomic E-state index is -0.00644. The summed E-state index contributed by atoms with van der Waals surface area (Å²) in [6.45, 7) is 0.0745. The summed E-state index contributed by atoms with van der Waals surface area (Å²) in [5.74, 6) is 3.04. The van der Waals surface area contributed by atoms with Crippen molar-refractivity contribution in [1.82, 2.24) is 0 Å². The van der Waals surface area contributed by atoms with E-state index >= 15 is 0 Å². The van der Waals surface area contributed by atoms with E-state index in [0.29, 0.717) is 11.5 Å². The second-order valence-electron chi connectivity index (χ2n) is 3.92. The smallest absolute Gasteiger partial charge is 0.176 e. The number of ketones is 1. The van der Waals surface area contributed by atoms with Gasteiger partial charge in [0, 0.05) is 15.8 Å². The van der Waals surface area contributed by atoms with Crippen LogP contribution in [0.1, 0.15) is 28.3 Å². The predicted molar refractivity (Wildman–Crippen MR) is 72.2 cm³/mol. The molecule has 16 heavy (non-hydrogen) atoms. The lowest BCUT2D eigenvalue weighted by Crippen LogP contribution is -2.13. The highest BCUT2D eigenvalue weighted by Gasteiger charge is 2.20. The highest BCUT2D eigenvalue weighted by Crippen LogP contribution is 2.36. The molecule has 1 heterocycles. The van der Waals surface area contributed by atoms with Gasteiger partial charge in [-0.2, -0.15) is 11.8 Å². The lowest BCUT2D eigenvalue weighted by atomic mass is 9.97. The van der Waals surface area contributed by atoms with Crippen molar-refractivity contribution in [3.8, 4) is 0 Å². The van der Waals surface area contributed by atoms with Gasteiger partial charge in [-0.05, 0) is 29.7 Å². The zero-order valence-electron chi connectivity index (χ0n) is 8.91. The first-order chi connectivity index (χ1) is 7.72. The van der Waals surface area contributed by atoms with Gasteiger partial charge in [0.15, 0.2) is 5.78 Å². The number of carbonyl (C=O) groups is 1. The topological polar surface area (TPSA) is 43.1 Å². The van der Waals surface area contributed by atoms with Gasteiger partial charge in [0.05, 0.1) is 6.54 Å².